The minimum absolute atomic E-state index is 0.0400. The quantitative estimate of drug-likeness (QED) is 0.909. The van der Waals surface area contributed by atoms with E-state index in [9.17, 15) is 9.59 Å². The van der Waals surface area contributed by atoms with E-state index in [1.165, 1.54) is 7.11 Å². The molecule has 0 aromatic heterocycles. The molecule has 2 aromatic rings. The Balaban J connectivity index is 1.82. The molecule has 0 radical (unpaired) electrons. The molecule has 5 nitrogen and oxygen atoms in total. The van der Waals surface area contributed by atoms with Crippen molar-refractivity contribution in [1.29, 1.82) is 0 Å². The van der Waals surface area contributed by atoms with E-state index in [0.717, 1.165) is 5.56 Å². The molecule has 1 heterocycles. The van der Waals surface area contributed by atoms with Gasteiger partial charge in [-0.25, -0.2) is 0 Å². The van der Waals surface area contributed by atoms with Crippen molar-refractivity contribution >= 4 is 29.1 Å². The van der Waals surface area contributed by atoms with Crippen molar-refractivity contribution in [3.8, 4) is 5.75 Å². The van der Waals surface area contributed by atoms with Crippen molar-refractivity contribution < 1.29 is 14.3 Å². The molecule has 1 fully saturated rings. The average Bonchev–Trinajstić information content (AvgIpc) is 2.91. The third kappa shape index (κ3) is 3.46. The highest BCUT2D eigenvalue weighted by Gasteiger charge is 2.42. The van der Waals surface area contributed by atoms with Gasteiger partial charge in [-0.05, 0) is 23.8 Å². The minimum atomic E-state index is -0.458. The fourth-order valence-corrected chi connectivity index (χ4v) is 3.45. The van der Waals surface area contributed by atoms with Crippen LogP contribution < -0.4 is 10.1 Å². The molecule has 2 amide bonds. The number of benzene rings is 2. The number of anilines is 1. The maximum absolute atomic E-state index is 12.8. The number of halogens is 1. The topological polar surface area (TPSA) is 58.6 Å². The molecule has 0 saturated carbocycles. The normalized spacial score (nSPS) is 19.8. The predicted molar refractivity (Wildman–Crippen MR) is 96.7 cm³/mol. The second-order valence-corrected chi connectivity index (χ2v) is 6.42. The first-order valence-electron chi connectivity index (χ1n) is 7.96. The van der Waals surface area contributed by atoms with E-state index in [2.05, 4.69) is 5.32 Å². The Kier molecular flexibility index (Phi) is 4.95. The summed E-state index contributed by atoms with van der Waals surface area (Å²) in [5, 5.41) is 3.28. The van der Waals surface area contributed by atoms with E-state index < -0.39 is 5.92 Å². The molecule has 6 heteroatoms. The van der Waals surface area contributed by atoms with Crippen molar-refractivity contribution in [2.75, 3.05) is 19.5 Å². The van der Waals surface area contributed by atoms with Gasteiger partial charge < -0.3 is 15.0 Å². The SMILES string of the molecule is COc1ccc(NC(=O)[C@H]2CC(=O)N(C)[C@H]2c2ccccc2)cc1Cl. The fraction of sp³-hybridized carbons (Fsp3) is 0.263. The van der Waals surface area contributed by atoms with Crippen molar-refractivity contribution in [1.82, 2.24) is 4.90 Å². The summed E-state index contributed by atoms with van der Waals surface area (Å²) in [6.45, 7) is 0. The van der Waals surface area contributed by atoms with Gasteiger partial charge in [0.2, 0.25) is 11.8 Å². The molecule has 0 unspecified atom stereocenters. The molecule has 2 aromatic carbocycles. The van der Waals surface area contributed by atoms with E-state index in [1.54, 1.807) is 30.1 Å². The van der Waals surface area contributed by atoms with Crippen LogP contribution in [0.15, 0.2) is 48.5 Å². The number of carbonyl (C=O) groups is 2. The summed E-state index contributed by atoms with van der Waals surface area (Å²) >= 11 is 6.10. The Morgan fingerprint density at radius 3 is 2.60 bits per heavy atom. The fourth-order valence-electron chi connectivity index (χ4n) is 3.19. The van der Waals surface area contributed by atoms with Crippen molar-refractivity contribution in [3.05, 3.63) is 59.1 Å². The third-order valence-corrected chi connectivity index (χ3v) is 4.78. The maximum Gasteiger partial charge on any atom is 0.230 e. The Bertz CT molecular complexity index is 795. The zero-order valence-electron chi connectivity index (χ0n) is 14.0. The summed E-state index contributed by atoms with van der Waals surface area (Å²) < 4.78 is 5.11. The van der Waals surface area contributed by atoms with Gasteiger partial charge in [0, 0.05) is 19.2 Å². The van der Waals surface area contributed by atoms with E-state index in [1.807, 2.05) is 30.3 Å². The summed E-state index contributed by atoms with van der Waals surface area (Å²) in [6.07, 6.45) is 0.186. The van der Waals surface area contributed by atoms with Crippen LogP contribution in [0.5, 0.6) is 5.75 Å². The molecule has 1 saturated heterocycles. The highest BCUT2D eigenvalue weighted by Crippen LogP contribution is 2.38. The van der Waals surface area contributed by atoms with Crippen LogP contribution in [-0.2, 0) is 9.59 Å². The van der Waals surface area contributed by atoms with Gasteiger partial charge in [0.05, 0.1) is 24.1 Å². The summed E-state index contributed by atoms with van der Waals surface area (Å²) in [5.74, 6) is -0.159. The van der Waals surface area contributed by atoms with Crippen molar-refractivity contribution in [3.63, 3.8) is 0 Å². The zero-order valence-corrected chi connectivity index (χ0v) is 14.8. The van der Waals surface area contributed by atoms with Crippen LogP contribution in [0.4, 0.5) is 5.69 Å². The number of carbonyl (C=O) groups excluding carboxylic acids is 2. The third-order valence-electron chi connectivity index (χ3n) is 4.48. The van der Waals surface area contributed by atoms with Crippen LogP contribution in [-0.4, -0.2) is 30.9 Å². The first-order chi connectivity index (χ1) is 12.0. The van der Waals surface area contributed by atoms with E-state index >= 15 is 0 Å². The second kappa shape index (κ2) is 7.15. The second-order valence-electron chi connectivity index (χ2n) is 6.01. The van der Waals surface area contributed by atoms with Crippen LogP contribution in [0.1, 0.15) is 18.0 Å². The van der Waals surface area contributed by atoms with Crippen LogP contribution in [0.25, 0.3) is 0 Å². The minimum Gasteiger partial charge on any atom is -0.495 e. The lowest BCUT2D eigenvalue weighted by Crippen LogP contribution is -2.30. The van der Waals surface area contributed by atoms with Gasteiger partial charge >= 0.3 is 0 Å². The van der Waals surface area contributed by atoms with Gasteiger partial charge in [0.25, 0.3) is 0 Å². The van der Waals surface area contributed by atoms with Crippen LogP contribution in [0.2, 0.25) is 5.02 Å². The molecular formula is C19H19ClN2O3. The molecule has 0 aliphatic carbocycles. The van der Waals surface area contributed by atoms with Gasteiger partial charge in [-0.1, -0.05) is 41.9 Å². The number of rotatable bonds is 4. The molecule has 1 N–H and O–H groups in total. The van der Waals surface area contributed by atoms with E-state index in [-0.39, 0.29) is 24.3 Å². The molecule has 0 spiro atoms. The summed E-state index contributed by atoms with van der Waals surface area (Å²) in [6, 6.07) is 14.4. The molecule has 0 bridgehead atoms. The van der Waals surface area contributed by atoms with Gasteiger partial charge in [0.1, 0.15) is 5.75 Å². The molecule has 2 atom stereocenters. The zero-order chi connectivity index (χ0) is 18.0. The maximum atomic E-state index is 12.8. The highest BCUT2D eigenvalue weighted by molar-refractivity contribution is 6.32. The lowest BCUT2D eigenvalue weighted by Gasteiger charge is -2.25. The number of nitrogens with zero attached hydrogens (tertiary/aromatic N) is 1. The lowest BCUT2D eigenvalue weighted by atomic mass is 9.93. The van der Waals surface area contributed by atoms with Crippen LogP contribution in [0.3, 0.4) is 0 Å². The van der Waals surface area contributed by atoms with Crippen LogP contribution in [0, 0.1) is 5.92 Å². The summed E-state index contributed by atoms with van der Waals surface area (Å²) in [4.78, 5) is 26.6. The Morgan fingerprint density at radius 1 is 1.24 bits per heavy atom. The smallest absolute Gasteiger partial charge is 0.230 e. The Morgan fingerprint density at radius 2 is 1.96 bits per heavy atom. The van der Waals surface area contributed by atoms with Gasteiger partial charge in [-0.15, -0.1) is 0 Å². The number of likely N-dealkylation sites (tertiary alicyclic amines) is 1. The molecule has 3 rings (SSSR count). The number of amides is 2. The van der Waals surface area contributed by atoms with Gasteiger partial charge in [0.15, 0.2) is 0 Å². The van der Waals surface area contributed by atoms with E-state index in [0.29, 0.717) is 16.5 Å². The molecule has 130 valence electrons. The first-order valence-corrected chi connectivity index (χ1v) is 8.34. The Labute approximate surface area is 151 Å². The monoisotopic (exact) mass is 358 g/mol. The number of methoxy groups -OCH3 is 1. The average molecular weight is 359 g/mol. The molecular weight excluding hydrogens is 340 g/mol. The van der Waals surface area contributed by atoms with E-state index in [4.69, 9.17) is 16.3 Å². The predicted octanol–water partition coefficient (Wildman–Crippen LogP) is 3.51. The summed E-state index contributed by atoms with van der Waals surface area (Å²) in [5.41, 5.74) is 1.52. The Hall–Kier alpha value is -2.53. The van der Waals surface area contributed by atoms with Gasteiger partial charge in [-0.3, -0.25) is 9.59 Å². The first kappa shape index (κ1) is 17.3. The lowest BCUT2D eigenvalue weighted by molar-refractivity contribution is -0.127. The van der Waals surface area contributed by atoms with Crippen LogP contribution >= 0.6 is 11.6 Å². The van der Waals surface area contributed by atoms with Gasteiger partial charge in [-0.2, -0.15) is 0 Å². The standard InChI is InChI=1S/C19H19ClN2O3/c1-22-17(23)11-14(18(22)12-6-4-3-5-7-12)19(24)21-13-8-9-16(25-2)15(20)10-13/h3-10,14,18H,11H2,1-2H3,(H,21,24)/t14-,18-/m0/s1. The largest absolute Gasteiger partial charge is 0.495 e. The molecule has 25 heavy (non-hydrogen) atoms. The summed E-state index contributed by atoms with van der Waals surface area (Å²) in [7, 11) is 3.27. The number of ether oxygens (including phenoxy) is 1. The highest BCUT2D eigenvalue weighted by atomic mass is 35.5. The number of hydrogen-bond acceptors (Lipinski definition) is 3. The molecule has 1 aliphatic rings. The van der Waals surface area contributed by atoms with Crippen molar-refractivity contribution in [2.24, 2.45) is 5.92 Å². The number of hydrogen-bond donors (Lipinski definition) is 1. The van der Waals surface area contributed by atoms with Crippen molar-refractivity contribution in [2.45, 2.75) is 12.5 Å². The molecule has 1 aliphatic heterocycles. The number of nitrogens with one attached hydrogen (secondary N) is 1.